The lowest BCUT2D eigenvalue weighted by molar-refractivity contribution is 0.312. The van der Waals surface area contributed by atoms with E-state index in [4.69, 9.17) is 4.74 Å². The number of hydrogen-bond acceptors (Lipinski definition) is 5. The van der Waals surface area contributed by atoms with Crippen molar-refractivity contribution in [2.45, 2.75) is 13.0 Å². The minimum atomic E-state index is -0.0140. The second-order valence-corrected chi connectivity index (χ2v) is 8.31. The SMILES string of the molecule is Cl.Cl.Cl.Cn1c(=O)ccc2cc(OCCCN(Cc3ccncc3)c3ccc4ncccc4c3)ccc21. The maximum atomic E-state index is 11.8. The number of benzene rings is 2. The molecule has 3 heterocycles. The van der Waals surface area contributed by atoms with Crippen molar-refractivity contribution in [3.05, 3.63) is 107 Å². The number of nitrogens with zero attached hydrogens (tertiary/aromatic N) is 4. The van der Waals surface area contributed by atoms with Gasteiger partial charge in [0.2, 0.25) is 0 Å². The van der Waals surface area contributed by atoms with Gasteiger partial charge in [-0.2, -0.15) is 0 Å². The van der Waals surface area contributed by atoms with Crippen LogP contribution >= 0.6 is 37.2 Å². The summed E-state index contributed by atoms with van der Waals surface area (Å²) in [7, 11) is 1.78. The molecule has 37 heavy (non-hydrogen) atoms. The van der Waals surface area contributed by atoms with E-state index in [1.807, 2.05) is 48.9 Å². The molecule has 0 aliphatic carbocycles. The molecule has 0 fully saturated rings. The Labute approximate surface area is 234 Å². The third-order valence-corrected chi connectivity index (χ3v) is 6.01. The van der Waals surface area contributed by atoms with Crippen LogP contribution in [-0.2, 0) is 13.6 Å². The lowest BCUT2D eigenvalue weighted by Crippen LogP contribution is -2.25. The molecule has 0 bridgehead atoms. The average Bonchev–Trinajstić information content (AvgIpc) is 2.88. The first-order valence-electron chi connectivity index (χ1n) is 11.4. The van der Waals surface area contributed by atoms with Crippen LogP contribution in [0.5, 0.6) is 5.75 Å². The number of fused-ring (bicyclic) bond motifs is 2. The number of rotatable bonds is 8. The summed E-state index contributed by atoms with van der Waals surface area (Å²) in [5.41, 5.74) is 4.24. The summed E-state index contributed by atoms with van der Waals surface area (Å²) in [6.07, 6.45) is 6.34. The summed E-state index contributed by atoms with van der Waals surface area (Å²) in [4.78, 5) is 22.8. The highest BCUT2D eigenvalue weighted by atomic mass is 35.5. The van der Waals surface area contributed by atoms with E-state index in [2.05, 4.69) is 51.3 Å². The largest absolute Gasteiger partial charge is 0.494 e. The van der Waals surface area contributed by atoms with Crippen LogP contribution in [0.3, 0.4) is 0 Å². The van der Waals surface area contributed by atoms with E-state index in [1.165, 1.54) is 5.56 Å². The summed E-state index contributed by atoms with van der Waals surface area (Å²) < 4.78 is 7.70. The minimum Gasteiger partial charge on any atom is -0.494 e. The van der Waals surface area contributed by atoms with Crippen molar-refractivity contribution in [1.82, 2.24) is 14.5 Å². The molecule has 0 aliphatic rings. The lowest BCUT2D eigenvalue weighted by Gasteiger charge is -2.25. The van der Waals surface area contributed by atoms with Crippen LogP contribution in [0, 0.1) is 0 Å². The fraction of sp³-hybridized carbons (Fsp3) is 0.179. The number of anilines is 1. The van der Waals surface area contributed by atoms with E-state index in [1.54, 1.807) is 17.7 Å². The Bertz CT molecular complexity index is 1500. The Balaban J connectivity index is 0.00000160. The van der Waals surface area contributed by atoms with Gasteiger partial charge >= 0.3 is 0 Å². The van der Waals surface area contributed by atoms with E-state index in [-0.39, 0.29) is 42.8 Å². The van der Waals surface area contributed by atoms with Gasteiger partial charge in [0.05, 0.1) is 17.6 Å². The van der Waals surface area contributed by atoms with Gasteiger partial charge in [-0.1, -0.05) is 6.07 Å². The molecule has 0 N–H and O–H groups in total. The van der Waals surface area contributed by atoms with Crippen molar-refractivity contribution in [2.24, 2.45) is 7.05 Å². The quantitative estimate of drug-likeness (QED) is 0.211. The number of aryl methyl sites for hydroxylation is 1. The molecule has 5 rings (SSSR count). The van der Waals surface area contributed by atoms with Gasteiger partial charge in [0, 0.05) is 61.3 Å². The number of hydrogen-bond donors (Lipinski definition) is 0. The zero-order chi connectivity index (χ0) is 23.3. The summed E-state index contributed by atoms with van der Waals surface area (Å²) >= 11 is 0. The summed E-state index contributed by atoms with van der Waals surface area (Å²) in [5, 5.41) is 2.12. The van der Waals surface area contributed by atoms with Gasteiger partial charge in [-0.25, -0.2) is 0 Å². The molecule has 0 unspecified atom stereocenters. The van der Waals surface area contributed by atoms with Gasteiger partial charge in [0.1, 0.15) is 5.75 Å². The Kier molecular flexibility index (Phi) is 11.2. The molecule has 0 amide bonds. The van der Waals surface area contributed by atoms with Gasteiger partial charge in [-0.05, 0) is 72.6 Å². The molecule has 3 aromatic heterocycles. The highest BCUT2D eigenvalue weighted by Crippen LogP contribution is 2.23. The van der Waals surface area contributed by atoms with Crippen molar-refractivity contribution >= 4 is 64.7 Å². The van der Waals surface area contributed by atoms with Gasteiger partial charge in [0.15, 0.2) is 0 Å². The number of ether oxygens (including phenoxy) is 1. The first kappa shape index (κ1) is 29.9. The molecule has 0 aliphatic heterocycles. The molecule has 9 heteroatoms. The average molecular weight is 560 g/mol. The van der Waals surface area contributed by atoms with Gasteiger partial charge < -0.3 is 14.2 Å². The Morgan fingerprint density at radius 1 is 0.865 bits per heavy atom. The predicted molar refractivity (Wildman–Crippen MR) is 158 cm³/mol. The standard InChI is InChI=1S/C28H26N4O2.3ClH/c1-31-27-9-7-25(19-23(27)5-10-28(31)33)34-17-3-16-32(20-21-11-14-29-15-12-21)24-6-8-26-22(18-24)4-2-13-30-26;;;/h2,4-15,18-19H,3,16-17,20H2,1H3;3*1H. The Morgan fingerprint density at radius 2 is 1.68 bits per heavy atom. The van der Waals surface area contributed by atoms with E-state index < -0.39 is 0 Å². The first-order valence-corrected chi connectivity index (χ1v) is 11.4. The third-order valence-electron chi connectivity index (χ3n) is 6.01. The summed E-state index contributed by atoms with van der Waals surface area (Å²) in [5.74, 6) is 0.809. The van der Waals surface area contributed by atoms with Crippen LogP contribution in [0.2, 0.25) is 0 Å². The van der Waals surface area contributed by atoms with E-state index in [9.17, 15) is 4.79 Å². The number of aromatic nitrogens is 3. The fourth-order valence-electron chi connectivity index (χ4n) is 4.17. The second-order valence-electron chi connectivity index (χ2n) is 8.31. The monoisotopic (exact) mass is 558 g/mol. The van der Waals surface area contributed by atoms with E-state index in [0.717, 1.165) is 52.8 Å². The third kappa shape index (κ3) is 7.13. The highest BCUT2D eigenvalue weighted by Gasteiger charge is 2.10. The molecular formula is C28H29Cl3N4O2. The lowest BCUT2D eigenvalue weighted by atomic mass is 10.1. The second kappa shape index (κ2) is 13.8. The topological polar surface area (TPSA) is 60.2 Å². The fourth-order valence-corrected chi connectivity index (χ4v) is 4.17. The molecule has 0 radical (unpaired) electrons. The van der Waals surface area contributed by atoms with Gasteiger partial charge in [0.25, 0.3) is 5.56 Å². The predicted octanol–water partition coefficient (Wildman–Crippen LogP) is 6.22. The zero-order valence-corrected chi connectivity index (χ0v) is 22.8. The molecule has 5 aromatic rings. The van der Waals surface area contributed by atoms with Gasteiger partial charge in [-0.15, -0.1) is 37.2 Å². The molecule has 2 aromatic carbocycles. The Morgan fingerprint density at radius 3 is 2.49 bits per heavy atom. The zero-order valence-electron chi connectivity index (χ0n) is 20.3. The van der Waals surface area contributed by atoms with Crippen molar-refractivity contribution < 1.29 is 4.74 Å². The number of halogens is 3. The Hall–Kier alpha value is -3.32. The van der Waals surface area contributed by atoms with Crippen LogP contribution in [-0.4, -0.2) is 27.7 Å². The number of pyridine rings is 3. The molecule has 6 nitrogen and oxygen atoms in total. The molecule has 0 atom stereocenters. The first-order chi connectivity index (χ1) is 16.7. The van der Waals surface area contributed by atoms with Crippen LogP contribution in [0.1, 0.15) is 12.0 Å². The van der Waals surface area contributed by atoms with Crippen molar-refractivity contribution in [3.8, 4) is 5.75 Å². The van der Waals surface area contributed by atoms with E-state index >= 15 is 0 Å². The van der Waals surface area contributed by atoms with Crippen LogP contribution in [0.4, 0.5) is 5.69 Å². The molecule has 194 valence electrons. The van der Waals surface area contributed by atoms with Crippen molar-refractivity contribution in [3.63, 3.8) is 0 Å². The van der Waals surface area contributed by atoms with E-state index in [0.29, 0.717) is 6.61 Å². The smallest absolute Gasteiger partial charge is 0.250 e. The van der Waals surface area contributed by atoms with Crippen molar-refractivity contribution in [1.29, 1.82) is 0 Å². The maximum Gasteiger partial charge on any atom is 0.250 e. The molecular weight excluding hydrogens is 531 g/mol. The van der Waals surface area contributed by atoms with Crippen molar-refractivity contribution in [2.75, 3.05) is 18.1 Å². The van der Waals surface area contributed by atoms with Gasteiger partial charge in [-0.3, -0.25) is 14.8 Å². The van der Waals surface area contributed by atoms with Crippen LogP contribution in [0.25, 0.3) is 21.8 Å². The molecule has 0 saturated heterocycles. The highest BCUT2D eigenvalue weighted by molar-refractivity contribution is 5.86. The molecule has 0 spiro atoms. The summed E-state index contributed by atoms with van der Waals surface area (Å²) in [6, 6.07) is 23.8. The normalized spacial score (nSPS) is 10.2. The van der Waals surface area contributed by atoms with Crippen LogP contribution in [0.15, 0.2) is 96.2 Å². The summed E-state index contributed by atoms with van der Waals surface area (Å²) in [6.45, 7) is 2.23. The van der Waals surface area contributed by atoms with Crippen LogP contribution < -0.4 is 15.2 Å². The minimum absolute atomic E-state index is 0. The molecule has 0 saturated carbocycles. The maximum absolute atomic E-state index is 11.8.